The zero-order valence-corrected chi connectivity index (χ0v) is 18.1. The summed E-state index contributed by atoms with van der Waals surface area (Å²) in [6.45, 7) is 13.2. The fourth-order valence-electron chi connectivity index (χ4n) is 3.16. The maximum absolute atomic E-state index is 13.0. The molecule has 0 bridgehead atoms. The zero-order valence-electron chi connectivity index (χ0n) is 16.5. The van der Waals surface area contributed by atoms with E-state index in [1.165, 1.54) is 29.1 Å². The van der Waals surface area contributed by atoms with Gasteiger partial charge in [-0.15, -0.1) is 15.7 Å². The number of aromatic nitrogens is 1. The van der Waals surface area contributed by atoms with Crippen molar-refractivity contribution in [3.05, 3.63) is 44.7 Å². The normalized spacial score (nSPS) is 16.3. The lowest BCUT2D eigenvalue weighted by Gasteiger charge is -2.17. The number of sulfonamides is 1. The summed E-state index contributed by atoms with van der Waals surface area (Å²) >= 11 is 1.51. The smallest absolute Gasteiger partial charge is 0.285 e. The van der Waals surface area contributed by atoms with Gasteiger partial charge >= 0.3 is 0 Å². The Bertz CT molecular complexity index is 1000. The Balaban J connectivity index is 2.19. The largest absolute Gasteiger partial charge is 0.320 e. The molecule has 0 radical (unpaired) electrons. The summed E-state index contributed by atoms with van der Waals surface area (Å²) in [5.41, 5.74) is 2.77. The molecule has 6 heteroatoms. The van der Waals surface area contributed by atoms with E-state index in [0.717, 1.165) is 23.4 Å². The summed E-state index contributed by atoms with van der Waals surface area (Å²) in [5.74, 6) is 0.651. The predicted octanol–water partition coefficient (Wildman–Crippen LogP) is 4.47. The van der Waals surface area contributed by atoms with Crippen LogP contribution in [0.2, 0.25) is 0 Å². The number of aryl methyl sites for hydroxylation is 2. The molecule has 0 unspecified atom stereocenters. The van der Waals surface area contributed by atoms with Gasteiger partial charge in [0, 0.05) is 17.1 Å². The Morgan fingerprint density at radius 3 is 2.42 bits per heavy atom. The van der Waals surface area contributed by atoms with Crippen molar-refractivity contribution in [2.45, 2.75) is 71.2 Å². The number of rotatable bonds is 4. The van der Waals surface area contributed by atoms with Crippen LogP contribution in [0, 0.1) is 26.7 Å². The van der Waals surface area contributed by atoms with Crippen LogP contribution in [-0.2, 0) is 22.0 Å². The van der Waals surface area contributed by atoms with Gasteiger partial charge < -0.3 is 4.57 Å². The molecule has 1 aromatic carbocycles. The van der Waals surface area contributed by atoms with E-state index in [1.807, 2.05) is 26.0 Å². The minimum Gasteiger partial charge on any atom is -0.320 e. The molecule has 1 aliphatic rings. The fourth-order valence-corrected chi connectivity index (χ4v) is 5.88. The molecular formula is C20H28N2O2S2. The topological polar surface area (TPSA) is 51.4 Å². The molecule has 0 spiro atoms. The summed E-state index contributed by atoms with van der Waals surface area (Å²) in [7, 11) is -3.74. The Hall–Kier alpha value is -1.40. The highest BCUT2D eigenvalue weighted by Crippen LogP contribution is 2.33. The second-order valence-electron chi connectivity index (χ2n) is 8.44. The average molecular weight is 393 g/mol. The zero-order chi connectivity index (χ0) is 19.3. The van der Waals surface area contributed by atoms with E-state index in [4.69, 9.17) is 0 Å². The molecule has 0 amide bonds. The summed E-state index contributed by atoms with van der Waals surface area (Å²) in [6.07, 6.45) is 2.44. The molecule has 0 N–H and O–H groups in total. The van der Waals surface area contributed by atoms with Crippen LogP contribution in [-0.4, -0.2) is 13.0 Å². The predicted molar refractivity (Wildman–Crippen MR) is 107 cm³/mol. The van der Waals surface area contributed by atoms with Gasteiger partial charge in [-0.05, 0) is 62.1 Å². The SMILES string of the molecule is Cc1ccc(C)c(S(=O)(=O)/N=c2\sc(C(C)(C)C)c(C)n2CC2CC2)c1. The van der Waals surface area contributed by atoms with Gasteiger partial charge in [-0.1, -0.05) is 32.9 Å². The van der Waals surface area contributed by atoms with Crippen LogP contribution >= 0.6 is 11.3 Å². The van der Waals surface area contributed by atoms with Gasteiger partial charge in [0.2, 0.25) is 4.80 Å². The van der Waals surface area contributed by atoms with Crippen LogP contribution in [0.5, 0.6) is 0 Å². The third-order valence-electron chi connectivity index (χ3n) is 4.80. The first-order valence-corrected chi connectivity index (χ1v) is 11.3. The Morgan fingerprint density at radius 1 is 1.19 bits per heavy atom. The highest BCUT2D eigenvalue weighted by molar-refractivity contribution is 7.90. The third-order valence-corrected chi connectivity index (χ3v) is 7.93. The minimum absolute atomic E-state index is 0.0309. The Kier molecular flexibility index (Phi) is 4.95. The average Bonchev–Trinajstić information content (AvgIpc) is 3.28. The second-order valence-corrected chi connectivity index (χ2v) is 11.0. The van der Waals surface area contributed by atoms with Gasteiger partial charge in [-0.3, -0.25) is 0 Å². The van der Waals surface area contributed by atoms with Gasteiger partial charge in [0.05, 0.1) is 4.90 Å². The first kappa shape index (κ1) is 19.4. The number of thiazole rings is 1. The summed E-state index contributed by atoms with van der Waals surface area (Å²) in [4.78, 5) is 2.10. The number of hydrogen-bond donors (Lipinski definition) is 0. The molecule has 0 saturated heterocycles. The van der Waals surface area contributed by atoms with Crippen LogP contribution in [0.15, 0.2) is 27.5 Å². The molecule has 1 heterocycles. The maximum atomic E-state index is 13.0. The highest BCUT2D eigenvalue weighted by Gasteiger charge is 2.27. The molecule has 3 rings (SSSR count). The van der Waals surface area contributed by atoms with E-state index in [-0.39, 0.29) is 5.41 Å². The number of hydrogen-bond acceptors (Lipinski definition) is 3. The van der Waals surface area contributed by atoms with Crippen molar-refractivity contribution in [2.75, 3.05) is 0 Å². The van der Waals surface area contributed by atoms with Crippen LogP contribution in [0.4, 0.5) is 0 Å². The Morgan fingerprint density at radius 2 is 1.85 bits per heavy atom. The lowest BCUT2D eigenvalue weighted by Crippen LogP contribution is -2.20. The van der Waals surface area contributed by atoms with E-state index in [0.29, 0.717) is 15.6 Å². The number of benzene rings is 1. The van der Waals surface area contributed by atoms with Gasteiger partial charge in [-0.2, -0.15) is 8.42 Å². The summed E-state index contributed by atoms with van der Waals surface area (Å²) in [6, 6.07) is 5.48. The molecule has 142 valence electrons. The maximum Gasteiger partial charge on any atom is 0.285 e. The molecule has 26 heavy (non-hydrogen) atoms. The number of nitrogens with zero attached hydrogens (tertiary/aromatic N) is 2. The molecule has 1 fully saturated rings. The van der Waals surface area contributed by atoms with Crippen molar-refractivity contribution in [1.29, 1.82) is 0 Å². The molecule has 1 saturated carbocycles. The van der Waals surface area contributed by atoms with Crippen molar-refractivity contribution in [1.82, 2.24) is 4.57 Å². The van der Waals surface area contributed by atoms with Crippen LogP contribution in [0.25, 0.3) is 0 Å². The monoisotopic (exact) mass is 392 g/mol. The van der Waals surface area contributed by atoms with Crippen molar-refractivity contribution < 1.29 is 8.42 Å². The van der Waals surface area contributed by atoms with Crippen LogP contribution < -0.4 is 4.80 Å². The van der Waals surface area contributed by atoms with E-state index < -0.39 is 10.0 Å². The van der Waals surface area contributed by atoms with Gasteiger partial charge in [0.15, 0.2) is 0 Å². The third kappa shape index (κ3) is 3.96. The Labute approximate surface area is 160 Å². The quantitative estimate of drug-likeness (QED) is 0.771. The standard InChI is InChI=1S/C20H28N2O2S2/c1-13-7-8-14(2)17(11-13)26(23,24)21-19-22(12-16-9-10-16)15(3)18(25-19)20(4,5)6/h7-8,11,16H,9-10,12H2,1-6H3/b21-19-. The fraction of sp³-hybridized carbons (Fsp3) is 0.550. The van der Waals surface area contributed by atoms with Gasteiger partial charge in [0.25, 0.3) is 10.0 Å². The van der Waals surface area contributed by atoms with E-state index >= 15 is 0 Å². The van der Waals surface area contributed by atoms with Crippen molar-refractivity contribution in [3.8, 4) is 0 Å². The molecule has 0 aliphatic heterocycles. The molecule has 2 aromatic rings. The van der Waals surface area contributed by atoms with Crippen LogP contribution in [0.1, 0.15) is 55.3 Å². The first-order chi connectivity index (χ1) is 12.0. The van der Waals surface area contributed by atoms with E-state index in [1.54, 1.807) is 6.07 Å². The van der Waals surface area contributed by atoms with Crippen molar-refractivity contribution >= 4 is 21.4 Å². The van der Waals surface area contributed by atoms with Crippen molar-refractivity contribution in [2.24, 2.45) is 10.3 Å². The molecular weight excluding hydrogens is 364 g/mol. The highest BCUT2D eigenvalue weighted by atomic mass is 32.2. The second kappa shape index (κ2) is 6.64. The molecule has 1 aliphatic carbocycles. The lowest BCUT2D eigenvalue weighted by atomic mass is 9.93. The first-order valence-electron chi connectivity index (χ1n) is 9.08. The van der Waals surface area contributed by atoms with Crippen molar-refractivity contribution in [3.63, 3.8) is 0 Å². The van der Waals surface area contributed by atoms with Crippen LogP contribution in [0.3, 0.4) is 0 Å². The minimum atomic E-state index is -3.74. The van der Waals surface area contributed by atoms with E-state index in [2.05, 4.69) is 36.7 Å². The summed E-state index contributed by atoms with van der Waals surface area (Å²) in [5, 5.41) is 0. The van der Waals surface area contributed by atoms with E-state index in [9.17, 15) is 8.42 Å². The molecule has 1 aromatic heterocycles. The summed E-state index contributed by atoms with van der Waals surface area (Å²) < 4.78 is 32.5. The molecule has 4 nitrogen and oxygen atoms in total. The van der Waals surface area contributed by atoms with Gasteiger partial charge in [-0.25, -0.2) is 0 Å². The van der Waals surface area contributed by atoms with Gasteiger partial charge in [0.1, 0.15) is 0 Å². The molecule has 0 atom stereocenters. The lowest BCUT2D eigenvalue weighted by molar-refractivity contribution is 0.562.